The molecular weight excluding hydrogens is 228 g/mol. The van der Waals surface area contributed by atoms with E-state index in [-0.39, 0.29) is 17.3 Å². The van der Waals surface area contributed by atoms with Crippen LogP contribution >= 0.6 is 0 Å². The van der Waals surface area contributed by atoms with E-state index in [0.29, 0.717) is 19.3 Å². The molecule has 0 saturated carbocycles. The lowest BCUT2D eigenvalue weighted by molar-refractivity contribution is -0.117. The molecule has 3 heteroatoms. The molecule has 0 amide bonds. The van der Waals surface area contributed by atoms with Gasteiger partial charge in [-0.1, -0.05) is 19.4 Å². The summed E-state index contributed by atoms with van der Waals surface area (Å²) in [5.41, 5.74) is 1.08. The minimum Gasteiger partial charge on any atom is -0.300 e. The second-order valence-corrected chi connectivity index (χ2v) is 4.27. The van der Waals surface area contributed by atoms with Gasteiger partial charge in [-0.05, 0) is 34.1 Å². The summed E-state index contributed by atoms with van der Waals surface area (Å²) in [6, 6.07) is 0. The Balaban J connectivity index is -0.000000197. The number of carbonyl (C=O) groups is 3. The van der Waals surface area contributed by atoms with Gasteiger partial charge in [0, 0.05) is 19.3 Å². The Morgan fingerprint density at radius 1 is 0.722 bits per heavy atom. The molecule has 0 N–H and O–H groups in total. The summed E-state index contributed by atoms with van der Waals surface area (Å²) in [7, 11) is 0. The fraction of sp³-hybridized carbons (Fsp3) is 0.667. The van der Waals surface area contributed by atoms with Crippen molar-refractivity contribution in [2.45, 2.75) is 67.2 Å². The molecule has 0 unspecified atom stereocenters. The molecule has 106 valence electrons. The summed E-state index contributed by atoms with van der Waals surface area (Å²) in [6.45, 7) is 14.1. The topological polar surface area (TPSA) is 51.2 Å². The van der Waals surface area contributed by atoms with Crippen LogP contribution < -0.4 is 0 Å². The van der Waals surface area contributed by atoms with Crippen LogP contribution in [-0.2, 0) is 14.4 Å². The zero-order chi connectivity index (χ0) is 15.1. The maximum absolute atomic E-state index is 10.3. The number of ketones is 3. The molecule has 0 aliphatic heterocycles. The van der Waals surface area contributed by atoms with Crippen molar-refractivity contribution in [3.8, 4) is 0 Å². The fourth-order valence-electron chi connectivity index (χ4n) is 0.389. The smallest absolute Gasteiger partial charge is 0.130 e. The Morgan fingerprint density at radius 2 is 1.00 bits per heavy atom. The highest BCUT2D eigenvalue weighted by Gasteiger charge is 1.90. The van der Waals surface area contributed by atoms with Gasteiger partial charge in [0.25, 0.3) is 0 Å². The summed E-state index contributed by atoms with van der Waals surface area (Å²) in [4.78, 5) is 29.9. The van der Waals surface area contributed by atoms with E-state index in [0.717, 1.165) is 12.0 Å². The molecular formula is C15H28O3. The third-order valence-electron chi connectivity index (χ3n) is 1.90. The fourth-order valence-corrected chi connectivity index (χ4v) is 0.389. The van der Waals surface area contributed by atoms with Gasteiger partial charge < -0.3 is 14.4 Å². The quantitative estimate of drug-likeness (QED) is 0.701. The third kappa shape index (κ3) is 46.4. The average molecular weight is 256 g/mol. The van der Waals surface area contributed by atoms with E-state index in [1.54, 1.807) is 20.8 Å². The van der Waals surface area contributed by atoms with Crippen molar-refractivity contribution >= 4 is 17.3 Å². The molecule has 0 rings (SSSR count). The Morgan fingerprint density at radius 3 is 1.06 bits per heavy atom. The highest BCUT2D eigenvalue weighted by molar-refractivity contribution is 5.75. The third-order valence-corrected chi connectivity index (χ3v) is 1.90. The molecule has 0 atom stereocenters. The summed E-state index contributed by atoms with van der Waals surface area (Å²) >= 11 is 0. The monoisotopic (exact) mass is 256 g/mol. The molecule has 0 aliphatic carbocycles. The van der Waals surface area contributed by atoms with E-state index in [1.165, 1.54) is 0 Å². The van der Waals surface area contributed by atoms with Crippen LogP contribution in [0.25, 0.3) is 0 Å². The van der Waals surface area contributed by atoms with E-state index in [1.807, 2.05) is 20.8 Å². The van der Waals surface area contributed by atoms with Crippen LogP contribution in [0.15, 0.2) is 12.2 Å². The lowest BCUT2D eigenvalue weighted by Crippen LogP contribution is -1.88. The summed E-state index contributed by atoms with van der Waals surface area (Å²) in [5, 5.41) is 0. The molecule has 0 aromatic rings. The molecule has 0 aromatic heterocycles. The Kier molecular flexibility index (Phi) is 19.2. The first-order valence-electron chi connectivity index (χ1n) is 6.29. The van der Waals surface area contributed by atoms with Gasteiger partial charge >= 0.3 is 0 Å². The SMILES string of the molecule is C=C(C)CCC(C)=O.CCC(C)=O.CCC(C)=O. The Hall–Kier alpha value is -1.25. The van der Waals surface area contributed by atoms with Gasteiger partial charge in [0.15, 0.2) is 0 Å². The first-order valence-corrected chi connectivity index (χ1v) is 6.29. The molecule has 3 nitrogen and oxygen atoms in total. The zero-order valence-electron chi connectivity index (χ0n) is 12.8. The van der Waals surface area contributed by atoms with Gasteiger partial charge in [0.1, 0.15) is 17.3 Å². The zero-order valence-corrected chi connectivity index (χ0v) is 12.8. The van der Waals surface area contributed by atoms with Gasteiger partial charge in [-0.25, -0.2) is 0 Å². The number of Topliss-reactive ketones (excluding diaryl/α,β-unsaturated/α-hetero) is 3. The van der Waals surface area contributed by atoms with Gasteiger partial charge in [-0.2, -0.15) is 0 Å². The average Bonchev–Trinajstić information content (AvgIpc) is 2.27. The summed E-state index contributed by atoms with van der Waals surface area (Å²) in [5.74, 6) is 0.753. The summed E-state index contributed by atoms with van der Waals surface area (Å²) in [6.07, 6.45) is 2.82. The Labute approximate surface area is 112 Å². The molecule has 0 aliphatic rings. The number of allylic oxidation sites excluding steroid dienone is 1. The molecule has 0 radical (unpaired) electrons. The minimum atomic E-state index is 0.244. The molecule has 0 aromatic carbocycles. The van der Waals surface area contributed by atoms with Gasteiger partial charge in [0.05, 0.1) is 0 Å². The normalized spacial score (nSPS) is 8.11. The molecule has 0 saturated heterocycles. The standard InChI is InChI=1S/C7H12O.2C4H8O/c1-6(2)4-5-7(3)8;2*1-3-4(2)5/h1,4-5H2,2-3H3;2*3H2,1-2H3. The van der Waals surface area contributed by atoms with E-state index in [9.17, 15) is 14.4 Å². The van der Waals surface area contributed by atoms with Crippen LogP contribution in [0.5, 0.6) is 0 Å². The van der Waals surface area contributed by atoms with E-state index in [2.05, 4.69) is 6.58 Å². The van der Waals surface area contributed by atoms with Crippen molar-refractivity contribution in [1.29, 1.82) is 0 Å². The van der Waals surface area contributed by atoms with Crippen molar-refractivity contribution in [3.63, 3.8) is 0 Å². The first kappa shape index (κ1) is 22.0. The van der Waals surface area contributed by atoms with E-state index < -0.39 is 0 Å². The number of hydrogen-bond acceptors (Lipinski definition) is 3. The van der Waals surface area contributed by atoms with Crippen LogP contribution in [-0.4, -0.2) is 17.3 Å². The van der Waals surface area contributed by atoms with Crippen molar-refractivity contribution in [2.75, 3.05) is 0 Å². The first-order chi connectivity index (χ1) is 8.17. The highest BCUT2D eigenvalue weighted by atomic mass is 16.1. The lowest BCUT2D eigenvalue weighted by atomic mass is 10.1. The van der Waals surface area contributed by atoms with Crippen LogP contribution in [0.4, 0.5) is 0 Å². The largest absolute Gasteiger partial charge is 0.300 e. The van der Waals surface area contributed by atoms with Crippen molar-refractivity contribution < 1.29 is 14.4 Å². The van der Waals surface area contributed by atoms with E-state index >= 15 is 0 Å². The number of carbonyl (C=O) groups excluding carboxylic acids is 3. The van der Waals surface area contributed by atoms with Gasteiger partial charge in [0.2, 0.25) is 0 Å². The van der Waals surface area contributed by atoms with Crippen molar-refractivity contribution in [2.24, 2.45) is 0 Å². The molecule has 0 heterocycles. The van der Waals surface area contributed by atoms with Crippen LogP contribution in [0.3, 0.4) is 0 Å². The number of rotatable bonds is 5. The van der Waals surface area contributed by atoms with Gasteiger partial charge in [-0.3, -0.25) is 0 Å². The highest BCUT2D eigenvalue weighted by Crippen LogP contribution is 1.99. The molecule has 0 spiro atoms. The number of hydrogen-bond donors (Lipinski definition) is 0. The van der Waals surface area contributed by atoms with Crippen molar-refractivity contribution in [1.82, 2.24) is 0 Å². The minimum absolute atomic E-state index is 0.244. The molecule has 0 bridgehead atoms. The maximum atomic E-state index is 10.3. The predicted molar refractivity (Wildman–Crippen MR) is 76.7 cm³/mol. The second-order valence-electron chi connectivity index (χ2n) is 4.27. The van der Waals surface area contributed by atoms with Gasteiger partial charge in [-0.15, -0.1) is 6.58 Å². The van der Waals surface area contributed by atoms with E-state index in [4.69, 9.17) is 0 Å². The predicted octanol–water partition coefficient (Wildman–Crippen LogP) is 3.90. The molecule has 0 fully saturated rings. The van der Waals surface area contributed by atoms with Crippen molar-refractivity contribution in [3.05, 3.63) is 12.2 Å². The molecule has 18 heavy (non-hydrogen) atoms. The van der Waals surface area contributed by atoms with Crippen LogP contribution in [0.2, 0.25) is 0 Å². The second kappa shape index (κ2) is 15.8. The van der Waals surface area contributed by atoms with Crippen LogP contribution in [0, 0.1) is 0 Å². The Bertz CT molecular complexity index is 237. The summed E-state index contributed by atoms with van der Waals surface area (Å²) < 4.78 is 0. The maximum Gasteiger partial charge on any atom is 0.130 e. The lowest BCUT2D eigenvalue weighted by Gasteiger charge is -1.91. The van der Waals surface area contributed by atoms with Crippen LogP contribution in [0.1, 0.15) is 67.2 Å².